The van der Waals surface area contributed by atoms with Crippen molar-refractivity contribution in [2.75, 3.05) is 20.1 Å². The molecule has 1 aliphatic rings. The van der Waals surface area contributed by atoms with Gasteiger partial charge in [-0.2, -0.15) is 0 Å². The fourth-order valence-electron chi connectivity index (χ4n) is 1.16. The highest BCUT2D eigenvalue weighted by Crippen LogP contribution is 2.05. The molecular formula is C8H17N3O. The summed E-state index contributed by atoms with van der Waals surface area (Å²) in [4.78, 5) is 13.5. The molecule has 0 atom stereocenters. The van der Waals surface area contributed by atoms with Crippen LogP contribution >= 0.6 is 0 Å². The van der Waals surface area contributed by atoms with E-state index in [1.807, 2.05) is 7.05 Å². The molecular weight excluding hydrogens is 154 g/mol. The summed E-state index contributed by atoms with van der Waals surface area (Å²) in [5, 5.41) is 2.88. The van der Waals surface area contributed by atoms with Crippen LogP contribution in [-0.4, -0.2) is 42.5 Å². The van der Waals surface area contributed by atoms with Crippen LogP contribution in [-0.2, 0) is 4.79 Å². The molecule has 0 bridgehead atoms. The molecule has 3 N–H and O–H groups in total. The lowest BCUT2D eigenvalue weighted by molar-refractivity contribution is -0.126. The predicted molar refractivity (Wildman–Crippen MR) is 47.7 cm³/mol. The lowest BCUT2D eigenvalue weighted by Crippen LogP contribution is -2.62. The first-order valence-corrected chi connectivity index (χ1v) is 4.18. The number of nitrogens with two attached hydrogens (primary N) is 1. The fourth-order valence-corrected chi connectivity index (χ4v) is 1.16. The summed E-state index contributed by atoms with van der Waals surface area (Å²) in [5.74, 6) is -0.0689. The molecule has 0 radical (unpaired) electrons. The summed E-state index contributed by atoms with van der Waals surface area (Å²) < 4.78 is 0. The minimum absolute atomic E-state index is 0.0689. The smallest absolute Gasteiger partial charge is 0.239 e. The van der Waals surface area contributed by atoms with Gasteiger partial charge < -0.3 is 16.0 Å². The van der Waals surface area contributed by atoms with Gasteiger partial charge in [-0.3, -0.25) is 4.79 Å². The van der Waals surface area contributed by atoms with E-state index in [2.05, 4.69) is 10.2 Å². The number of amides is 1. The monoisotopic (exact) mass is 171 g/mol. The Kier molecular flexibility index (Phi) is 2.39. The van der Waals surface area contributed by atoms with Gasteiger partial charge in [-0.1, -0.05) is 0 Å². The first-order chi connectivity index (χ1) is 5.39. The Morgan fingerprint density at radius 3 is 2.42 bits per heavy atom. The second-order valence-electron chi connectivity index (χ2n) is 4.11. The Balaban J connectivity index is 2.28. The van der Waals surface area contributed by atoms with Crippen molar-refractivity contribution < 1.29 is 4.79 Å². The first kappa shape index (κ1) is 9.48. The lowest BCUT2D eigenvalue weighted by atomic mass is 10.0. The molecule has 0 unspecified atom stereocenters. The molecule has 0 aromatic carbocycles. The van der Waals surface area contributed by atoms with Crippen molar-refractivity contribution >= 4 is 5.91 Å². The molecule has 0 aromatic rings. The number of carbonyl (C=O) groups is 1. The van der Waals surface area contributed by atoms with Gasteiger partial charge in [-0.15, -0.1) is 0 Å². The summed E-state index contributed by atoms with van der Waals surface area (Å²) in [6.07, 6.45) is 0. The average Bonchev–Trinajstić information content (AvgIpc) is 1.82. The molecule has 1 fully saturated rings. The van der Waals surface area contributed by atoms with E-state index >= 15 is 0 Å². The third-order valence-corrected chi connectivity index (χ3v) is 1.98. The Morgan fingerprint density at radius 2 is 2.08 bits per heavy atom. The van der Waals surface area contributed by atoms with Crippen LogP contribution in [0.2, 0.25) is 0 Å². The maximum absolute atomic E-state index is 11.3. The van der Waals surface area contributed by atoms with Gasteiger partial charge in [0, 0.05) is 13.1 Å². The van der Waals surface area contributed by atoms with Gasteiger partial charge >= 0.3 is 0 Å². The number of nitrogens with zero attached hydrogens (tertiary/aromatic N) is 1. The Morgan fingerprint density at radius 1 is 1.58 bits per heavy atom. The van der Waals surface area contributed by atoms with Crippen molar-refractivity contribution in [2.24, 2.45) is 5.73 Å². The van der Waals surface area contributed by atoms with E-state index in [-0.39, 0.29) is 5.91 Å². The topological polar surface area (TPSA) is 58.4 Å². The molecule has 0 saturated carbocycles. The van der Waals surface area contributed by atoms with Crippen molar-refractivity contribution in [1.29, 1.82) is 0 Å². The van der Waals surface area contributed by atoms with Crippen LogP contribution in [0.4, 0.5) is 0 Å². The first-order valence-electron chi connectivity index (χ1n) is 4.18. The number of rotatable bonds is 2. The van der Waals surface area contributed by atoms with Gasteiger partial charge in [0.25, 0.3) is 0 Å². The van der Waals surface area contributed by atoms with Gasteiger partial charge in [0.1, 0.15) is 0 Å². The van der Waals surface area contributed by atoms with E-state index in [1.54, 1.807) is 13.8 Å². The quantitative estimate of drug-likeness (QED) is 0.569. The highest BCUT2D eigenvalue weighted by molar-refractivity contribution is 5.85. The molecule has 70 valence electrons. The second kappa shape index (κ2) is 3.03. The largest absolute Gasteiger partial charge is 0.349 e. The molecule has 0 aliphatic carbocycles. The predicted octanol–water partition coefficient (Wildman–Crippen LogP) is -0.846. The Hall–Kier alpha value is -0.610. The zero-order chi connectivity index (χ0) is 9.35. The van der Waals surface area contributed by atoms with Crippen LogP contribution in [0.3, 0.4) is 0 Å². The second-order valence-corrected chi connectivity index (χ2v) is 4.11. The Bertz CT molecular complexity index is 179. The van der Waals surface area contributed by atoms with E-state index < -0.39 is 5.54 Å². The molecule has 4 heteroatoms. The van der Waals surface area contributed by atoms with E-state index in [1.165, 1.54) is 0 Å². The van der Waals surface area contributed by atoms with Crippen molar-refractivity contribution in [1.82, 2.24) is 10.2 Å². The molecule has 1 heterocycles. The SMILES string of the molecule is CN1CC(NC(=O)C(C)(C)N)C1. The number of hydrogen-bond donors (Lipinski definition) is 2. The van der Waals surface area contributed by atoms with Crippen LogP contribution in [0.1, 0.15) is 13.8 Å². The third-order valence-electron chi connectivity index (χ3n) is 1.98. The van der Waals surface area contributed by atoms with Crippen LogP contribution < -0.4 is 11.1 Å². The molecule has 1 rings (SSSR count). The van der Waals surface area contributed by atoms with Gasteiger partial charge in [0.2, 0.25) is 5.91 Å². The van der Waals surface area contributed by atoms with Gasteiger partial charge in [-0.05, 0) is 20.9 Å². The average molecular weight is 171 g/mol. The molecule has 0 aromatic heterocycles. The molecule has 1 aliphatic heterocycles. The summed E-state index contributed by atoms with van der Waals surface area (Å²) in [6.45, 7) is 5.29. The van der Waals surface area contributed by atoms with E-state index in [0.717, 1.165) is 13.1 Å². The standard InChI is InChI=1S/C8H17N3O/c1-8(2,9)7(12)10-6-4-11(3)5-6/h6H,4-5,9H2,1-3H3,(H,10,12). The number of carbonyl (C=O) groups excluding carboxylic acids is 1. The van der Waals surface area contributed by atoms with Crippen molar-refractivity contribution in [3.05, 3.63) is 0 Å². The van der Waals surface area contributed by atoms with Crippen LogP contribution in [0.15, 0.2) is 0 Å². The zero-order valence-electron chi connectivity index (χ0n) is 7.92. The molecule has 1 amide bonds. The summed E-state index contributed by atoms with van der Waals surface area (Å²) in [7, 11) is 2.02. The summed E-state index contributed by atoms with van der Waals surface area (Å²) in [6, 6.07) is 0.297. The zero-order valence-corrected chi connectivity index (χ0v) is 7.92. The molecule has 4 nitrogen and oxygen atoms in total. The van der Waals surface area contributed by atoms with Crippen LogP contribution in [0.25, 0.3) is 0 Å². The van der Waals surface area contributed by atoms with E-state index in [4.69, 9.17) is 5.73 Å². The fraction of sp³-hybridized carbons (Fsp3) is 0.875. The maximum Gasteiger partial charge on any atom is 0.239 e. The highest BCUT2D eigenvalue weighted by atomic mass is 16.2. The minimum Gasteiger partial charge on any atom is -0.349 e. The van der Waals surface area contributed by atoms with Crippen LogP contribution in [0, 0.1) is 0 Å². The van der Waals surface area contributed by atoms with Crippen LogP contribution in [0.5, 0.6) is 0 Å². The molecule has 1 saturated heterocycles. The highest BCUT2D eigenvalue weighted by Gasteiger charge is 2.29. The van der Waals surface area contributed by atoms with E-state index in [0.29, 0.717) is 6.04 Å². The number of likely N-dealkylation sites (N-methyl/N-ethyl adjacent to an activating group) is 1. The number of likely N-dealkylation sites (tertiary alicyclic amines) is 1. The lowest BCUT2D eigenvalue weighted by Gasteiger charge is -2.37. The Labute approximate surface area is 73.1 Å². The van der Waals surface area contributed by atoms with Crippen molar-refractivity contribution in [2.45, 2.75) is 25.4 Å². The van der Waals surface area contributed by atoms with Crippen molar-refractivity contribution in [3.63, 3.8) is 0 Å². The van der Waals surface area contributed by atoms with Crippen molar-refractivity contribution in [3.8, 4) is 0 Å². The van der Waals surface area contributed by atoms with Gasteiger partial charge in [0.15, 0.2) is 0 Å². The minimum atomic E-state index is -0.756. The van der Waals surface area contributed by atoms with Gasteiger partial charge in [0.05, 0.1) is 11.6 Å². The molecule has 0 spiro atoms. The number of hydrogen-bond acceptors (Lipinski definition) is 3. The maximum atomic E-state index is 11.3. The summed E-state index contributed by atoms with van der Waals surface area (Å²) in [5.41, 5.74) is 4.86. The summed E-state index contributed by atoms with van der Waals surface area (Å²) >= 11 is 0. The van der Waals surface area contributed by atoms with E-state index in [9.17, 15) is 4.79 Å². The third kappa shape index (κ3) is 2.19. The molecule has 12 heavy (non-hydrogen) atoms. The normalized spacial score (nSPS) is 20.3. The number of nitrogens with one attached hydrogen (secondary N) is 1. The van der Waals surface area contributed by atoms with Gasteiger partial charge in [-0.25, -0.2) is 0 Å².